The molecule has 7 nitrogen and oxygen atoms in total. The number of rotatable bonds is 9. The molecular weight excluding hydrogens is 456 g/mol. The first-order chi connectivity index (χ1) is 16.1. The number of carbonyl (C=O) groups excluding carboxylic acids is 1. The van der Waals surface area contributed by atoms with Crippen LogP contribution in [0.2, 0.25) is 5.02 Å². The Morgan fingerprint density at radius 2 is 1.65 bits per heavy atom. The van der Waals surface area contributed by atoms with Gasteiger partial charge in [0.2, 0.25) is 0 Å². The van der Waals surface area contributed by atoms with Crippen LogP contribution in [0.5, 0.6) is 11.5 Å². The van der Waals surface area contributed by atoms with Gasteiger partial charge >= 0.3 is 5.97 Å². The van der Waals surface area contributed by atoms with Crippen molar-refractivity contribution in [3.05, 3.63) is 76.8 Å². The normalized spacial score (nSPS) is 11.1. The molecule has 8 heteroatoms. The quantitative estimate of drug-likeness (QED) is 0.377. The molecule has 0 saturated heterocycles. The van der Waals surface area contributed by atoms with Gasteiger partial charge in [-0.25, -0.2) is 4.79 Å². The average Bonchev–Trinajstić information content (AvgIpc) is 2.80. The molecule has 0 fully saturated rings. The van der Waals surface area contributed by atoms with E-state index in [1.54, 1.807) is 30.3 Å². The molecule has 3 aromatic rings. The Hall–Kier alpha value is -3.71. The number of hydrogen-bond donors (Lipinski definition) is 3. The number of carboxylic acids is 1. The monoisotopic (exact) mass is 482 g/mol. The number of carbonyl (C=O) groups is 2. The lowest BCUT2D eigenvalue weighted by molar-refractivity contribution is -0.152. The van der Waals surface area contributed by atoms with Crippen LogP contribution in [-0.4, -0.2) is 36.2 Å². The molecule has 34 heavy (non-hydrogen) atoms. The van der Waals surface area contributed by atoms with E-state index in [0.717, 1.165) is 16.7 Å². The molecule has 4 N–H and O–H groups in total. The number of methoxy groups -OCH3 is 1. The fraction of sp³-hybridized carbons (Fsp3) is 0.231. The second kappa shape index (κ2) is 10.5. The van der Waals surface area contributed by atoms with Crippen LogP contribution in [-0.2, 0) is 11.2 Å². The van der Waals surface area contributed by atoms with Crippen molar-refractivity contribution in [2.75, 3.05) is 19.4 Å². The summed E-state index contributed by atoms with van der Waals surface area (Å²) < 4.78 is 10.8. The van der Waals surface area contributed by atoms with Gasteiger partial charge in [-0.1, -0.05) is 41.9 Å². The highest BCUT2D eigenvalue weighted by atomic mass is 35.5. The first-order valence-electron chi connectivity index (χ1n) is 10.6. The molecule has 3 rings (SSSR count). The Labute approximate surface area is 203 Å². The summed E-state index contributed by atoms with van der Waals surface area (Å²) >= 11 is 6.00. The second-order valence-corrected chi connectivity index (χ2v) is 8.65. The van der Waals surface area contributed by atoms with Crippen LogP contribution in [0.1, 0.15) is 29.8 Å². The lowest BCUT2D eigenvalue weighted by Crippen LogP contribution is -2.38. The Kier molecular flexibility index (Phi) is 7.68. The zero-order valence-corrected chi connectivity index (χ0v) is 20.0. The van der Waals surface area contributed by atoms with Crippen molar-refractivity contribution in [3.8, 4) is 22.6 Å². The standard InChI is InChI=1S/C26H27ClN2O5/c1-26(2,25(31)32)34-23-10-8-18(14-21(23)28)17-6-4-16(5-7-17)12-13-29-24(30)20-15-19(27)9-11-22(20)33-3/h4-11,14-15H,12-13,28H2,1-3H3,(H,29,30)(H,31,32). The van der Waals surface area contributed by atoms with Crippen LogP contribution in [0.3, 0.4) is 0 Å². The van der Waals surface area contributed by atoms with E-state index in [4.69, 9.17) is 26.8 Å². The molecule has 0 spiro atoms. The van der Waals surface area contributed by atoms with E-state index < -0.39 is 11.6 Å². The SMILES string of the molecule is COc1ccc(Cl)cc1C(=O)NCCc1ccc(-c2ccc(OC(C)(C)C(=O)O)c(N)c2)cc1. The first-order valence-corrected chi connectivity index (χ1v) is 11.0. The molecule has 0 aliphatic rings. The van der Waals surface area contributed by atoms with Crippen LogP contribution < -0.4 is 20.5 Å². The van der Waals surface area contributed by atoms with Crippen molar-refractivity contribution in [1.29, 1.82) is 0 Å². The van der Waals surface area contributed by atoms with Crippen LogP contribution >= 0.6 is 11.6 Å². The van der Waals surface area contributed by atoms with Crippen molar-refractivity contribution in [2.24, 2.45) is 0 Å². The number of amides is 1. The molecule has 0 radical (unpaired) electrons. The maximum Gasteiger partial charge on any atom is 0.347 e. The van der Waals surface area contributed by atoms with E-state index >= 15 is 0 Å². The molecule has 0 saturated carbocycles. The highest BCUT2D eigenvalue weighted by molar-refractivity contribution is 6.31. The summed E-state index contributed by atoms with van der Waals surface area (Å²) in [7, 11) is 1.51. The van der Waals surface area contributed by atoms with E-state index in [0.29, 0.717) is 40.7 Å². The summed E-state index contributed by atoms with van der Waals surface area (Å²) in [4.78, 5) is 23.8. The topological polar surface area (TPSA) is 111 Å². The Balaban J connectivity index is 1.61. The van der Waals surface area contributed by atoms with Crippen LogP contribution in [0.15, 0.2) is 60.7 Å². The number of benzene rings is 3. The first kappa shape index (κ1) is 24.9. The van der Waals surface area contributed by atoms with Crippen molar-refractivity contribution < 1.29 is 24.2 Å². The Bertz CT molecular complexity index is 1190. The fourth-order valence-electron chi connectivity index (χ4n) is 3.28. The Morgan fingerprint density at radius 3 is 2.26 bits per heavy atom. The molecule has 0 bridgehead atoms. The third-order valence-corrected chi connectivity index (χ3v) is 5.52. The largest absolute Gasteiger partial charge is 0.496 e. The summed E-state index contributed by atoms with van der Waals surface area (Å²) in [5, 5.41) is 12.6. The number of nitrogens with one attached hydrogen (secondary N) is 1. The lowest BCUT2D eigenvalue weighted by atomic mass is 10.0. The van der Waals surface area contributed by atoms with Gasteiger partial charge in [-0.2, -0.15) is 0 Å². The van der Waals surface area contributed by atoms with E-state index in [1.807, 2.05) is 30.3 Å². The molecular formula is C26H27ClN2O5. The number of hydrogen-bond acceptors (Lipinski definition) is 5. The predicted molar refractivity (Wildman–Crippen MR) is 133 cm³/mol. The van der Waals surface area contributed by atoms with E-state index in [9.17, 15) is 14.7 Å². The smallest absolute Gasteiger partial charge is 0.347 e. The second-order valence-electron chi connectivity index (χ2n) is 8.22. The summed E-state index contributed by atoms with van der Waals surface area (Å²) in [6.45, 7) is 3.39. The molecule has 0 aromatic heterocycles. The van der Waals surface area contributed by atoms with Gasteiger partial charge in [-0.15, -0.1) is 0 Å². The van der Waals surface area contributed by atoms with Gasteiger partial charge in [-0.05, 0) is 67.3 Å². The third kappa shape index (κ3) is 5.99. The third-order valence-electron chi connectivity index (χ3n) is 5.28. The van der Waals surface area contributed by atoms with Gasteiger partial charge in [-0.3, -0.25) is 4.79 Å². The van der Waals surface area contributed by atoms with E-state index in [1.165, 1.54) is 21.0 Å². The number of nitrogens with two attached hydrogens (primary N) is 1. The molecule has 0 heterocycles. The zero-order chi connectivity index (χ0) is 24.9. The molecule has 3 aromatic carbocycles. The van der Waals surface area contributed by atoms with Gasteiger partial charge in [0.05, 0.1) is 18.4 Å². The van der Waals surface area contributed by atoms with Gasteiger partial charge in [0.1, 0.15) is 11.5 Å². The molecule has 0 unspecified atom stereocenters. The molecule has 0 atom stereocenters. The minimum Gasteiger partial charge on any atom is -0.496 e. The minimum atomic E-state index is -1.38. The van der Waals surface area contributed by atoms with Gasteiger partial charge in [0.15, 0.2) is 5.60 Å². The average molecular weight is 483 g/mol. The molecule has 0 aliphatic carbocycles. The van der Waals surface area contributed by atoms with Crippen molar-refractivity contribution in [3.63, 3.8) is 0 Å². The van der Waals surface area contributed by atoms with Gasteiger partial charge < -0.3 is 25.6 Å². The maximum absolute atomic E-state index is 12.5. The minimum absolute atomic E-state index is 0.250. The van der Waals surface area contributed by atoms with Crippen molar-refractivity contribution >= 4 is 29.2 Å². The predicted octanol–water partition coefficient (Wildman–Crippen LogP) is 4.81. The Morgan fingerprint density at radius 1 is 1.00 bits per heavy atom. The lowest BCUT2D eigenvalue weighted by Gasteiger charge is -2.22. The van der Waals surface area contributed by atoms with Crippen LogP contribution in [0, 0.1) is 0 Å². The number of ether oxygens (including phenoxy) is 2. The zero-order valence-electron chi connectivity index (χ0n) is 19.2. The number of anilines is 1. The highest BCUT2D eigenvalue weighted by Crippen LogP contribution is 2.31. The summed E-state index contributed by atoms with van der Waals surface area (Å²) in [6, 6.07) is 18.1. The maximum atomic E-state index is 12.5. The number of halogens is 1. The molecule has 0 aliphatic heterocycles. The van der Waals surface area contributed by atoms with Crippen LogP contribution in [0.4, 0.5) is 5.69 Å². The summed E-state index contributed by atoms with van der Waals surface area (Å²) in [5.74, 6) is -0.539. The van der Waals surface area contributed by atoms with Crippen LogP contribution in [0.25, 0.3) is 11.1 Å². The van der Waals surface area contributed by atoms with Gasteiger partial charge in [0, 0.05) is 11.6 Å². The van der Waals surface area contributed by atoms with Crippen molar-refractivity contribution in [1.82, 2.24) is 5.32 Å². The molecule has 178 valence electrons. The summed E-state index contributed by atoms with van der Waals surface area (Å²) in [5.41, 5.74) is 8.34. The highest BCUT2D eigenvalue weighted by Gasteiger charge is 2.30. The number of nitrogen functional groups attached to an aromatic ring is 1. The number of aliphatic carboxylic acids is 1. The van der Waals surface area contributed by atoms with E-state index in [2.05, 4.69) is 5.32 Å². The summed E-state index contributed by atoms with van der Waals surface area (Å²) in [6.07, 6.45) is 0.647. The van der Waals surface area contributed by atoms with Gasteiger partial charge in [0.25, 0.3) is 5.91 Å². The van der Waals surface area contributed by atoms with E-state index in [-0.39, 0.29) is 5.91 Å². The fourth-order valence-corrected chi connectivity index (χ4v) is 3.45. The number of carboxylic acid groups (broad SMARTS) is 1. The molecule has 1 amide bonds. The van der Waals surface area contributed by atoms with Crippen molar-refractivity contribution in [2.45, 2.75) is 25.9 Å².